The lowest BCUT2D eigenvalue weighted by molar-refractivity contribution is -0.151. The molecule has 3 amide bonds. The standard InChI is InChI=1S/C20H22N4O7S/c1-9(25)22-13-6-4-3-5-12(13)14(21)17(27)23-15-18(28)24-16(20(29)30)11(7-31-10(2)26)8-32-19(15)24/h3-6,14-15,19H,7-8,21H2,1-2H3,(H,22,25)(H,23,27)(H,29,30)/t14?,15-,19-/m1/s1. The predicted molar refractivity (Wildman–Crippen MR) is 114 cm³/mol. The van der Waals surface area contributed by atoms with Gasteiger partial charge in [-0.25, -0.2) is 4.79 Å². The van der Waals surface area contributed by atoms with Gasteiger partial charge < -0.3 is 26.2 Å². The molecule has 1 saturated heterocycles. The molecule has 2 aliphatic heterocycles. The fourth-order valence-corrected chi connectivity index (χ4v) is 4.77. The van der Waals surface area contributed by atoms with E-state index >= 15 is 0 Å². The number of hydrogen-bond acceptors (Lipinski definition) is 8. The maximum absolute atomic E-state index is 12.7. The number of carbonyl (C=O) groups excluding carboxylic acids is 4. The molecule has 3 atom stereocenters. The van der Waals surface area contributed by atoms with E-state index in [9.17, 15) is 29.1 Å². The van der Waals surface area contributed by atoms with Crippen molar-refractivity contribution in [3.05, 3.63) is 41.1 Å². The number of β-lactam (4-membered cyclic amide) rings is 1. The van der Waals surface area contributed by atoms with E-state index in [-0.39, 0.29) is 24.0 Å². The van der Waals surface area contributed by atoms with E-state index in [1.165, 1.54) is 25.6 Å². The van der Waals surface area contributed by atoms with Crippen LogP contribution >= 0.6 is 11.8 Å². The second-order valence-electron chi connectivity index (χ2n) is 7.18. The molecule has 32 heavy (non-hydrogen) atoms. The Morgan fingerprint density at radius 3 is 2.59 bits per heavy atom. The number of hydrogen-bond donors (Lipinski definition) is 4. The van der Waals surface area contributed by atoms with Gasteiger partial charge in [-0.15, -0.1) is 11.8 Å². The normalized spacial score (nSPS) is 20.6. The van der Waals surface area contributed by atoms with Gasteiger partial charge in [0, 0.05) is 36.4 Å². The fraction of sp³-hybridized carbons (Fsp3) is 0.350. The zero-order valence-electron chi connectivity index (χ0n) is 17.3. The zero-order chi connectivity index (χ0) is 23.6. The van der Waals surface area contributed by atoms with Crippen molar-refractivity contribution >= 4 is 47.1 Å². The first-order chi connectivity index (χ1) is 15.1. The van der Waals surface area contributed by atoms with E-state index in [4.69, 9.17) is 10.5 Å². The molecule has 0 radical (unpaired) electrons. The van der Waals surface area contributed by atoms with E-state index in [0.717, 1.165) is 4.90 Å². The van der Waals surface area contributed by atoms with Gasteiger partial charge in [-0.1, -0.05) is 18.2 Å². The number of esters is 1. The molecule has 0 spiro atoms. The molecule has 3 rings (SSSR count). The Kier molecular flexibility index (Phi) is 6.84. The highest BCUT2D eigenvalue weighted by atomic mass is 32.2. The van der Waals surface area contributed by atoms with E-state index in [0.29, 0.717) is 16.8 Å². The monoisotopic (exact) mass is 462 g/mol. The minimum atomic E-state index is -1.32. The number of para-hydroxylation sites is 1. The van der Waals surface area contributed by atoms with Crippen LogP contribution in [0, 0.1) is 0 Å². The Labute approximate surface area is 187 Å². The molecule has 0 aliphatic carbocycles. The lowest BCUT2D eigenvalue weighted by atomic mass is 10.0. The number of nitrogens with zero attached hydrogens (tertiary/aromatic N) is 1. The second-order valence-corrected chi connectivity index (χ2v) is 8.28. The smallest absolute Gasteiger partial charge is 0.352 e. The van der Waals surface area contributed by atoms with Gasteiger partial charge in [-0.2, -0.15) is 0 Å². The third-order valence-electron chi connectivity index (χ3n) is 4.89. The molecular formula is C20H22N4O7S. The SMILES string of the molecule is CC(=O)Nc1ccccc1C(N)C(=O)N[C@@H]1C(=O)N2C(C(=O)O)=C(COC(C)=O)CS[C@H]12. The lowest BCUT2D eigenvalue weighted by Gasteiger charge is -2.49. The summed E-state index contributed by atoms with van der Waals surface area (Å²) in [5, 5.41) is 14.1. The summed E-state index contributed by atoms with van der Waals surface area (Å²) < 4.78 is 4.89. The average Bonchev–Trinajstić information content (AvgIpc) is 2.74. The fourth-order valence-electron chi connectivity index (χ4n) is 3.44. The van der Waals surface area contributed by atoms with Crippen molar-refractivity contribution in [3.63, 3.8) is 0 Å². The highest BCUT2D eigenvalue weighted by molar-refractivity contribution is 8.00. The van der Waals surface area contributed by atoms with E-state index in [1.807, 2.05) is 0 Å². The number of aliphatic carboxylic acids is 1. The second kappa shape index (κ2) is 9.40. The summed E-state index contributed by atoms with van der Waals surface area (Å²) in [6.07, 6.45) is 0. The van der Waals surface area contributed by atoms with Gasteiger partial charge in [0.1, 0.15) is 29.8 Å². The number of rotatable bonds is 7. The number of benzene rings is 1. The molecule has 1 aromatic carbocycles. The molecular weight excluding hydrogens is 440 g/mol. The molecule has 0 aromatic heterocycles. The van der Waals surface area contributed by atoms with Crippen LogP contribution in [0.1, 0.15) is 25.5 Å². The molecule has 11 nitrogen and oxygen atoms in total. The third-order valence-corrected chi connectivity index (χ3v) is 6.23. The van der Waals surface area contributed by atoms with Crippen LogP contribution in [0.3, 0.4) is 0 Å². The summed E-state index contributed by atoms with van der Waals surface area (Å²) in [6.45, 7) is 2.29. The topological polar surface area (TPSA) is 168 Å². The van der Waals surface area contributed by atoms with Crippen molar-refractivity contribution in [3.8, 4) is 0 Å². The summed E-state index contributed by atoms with van der Waals surface area (Å²) in [4.78, 5) is 60.7. The molecule has 1 unspecified atom stereocenters. The average molecular weight is 462 g/mol. The molecule has 12 heteroatoms. The van der Waals surface area contributed by atoms with Gasteiger partial charge in [-0.05, 0) is 6.07 Å². The number of nitrogens with one attached hydrogen (secondary N) is 2. The molecule has 1 aromatic rings. The van der Waals surface area contributed by atoms with Crippen molar-refractivity contribution in [2.45, 2.75) is 31.3 Å². The van der Waals surface area contributed by atoms with Crippen molar-refractivity contribution in [2.24, 2.45) is 5.73 Å². The molecule has 0 bridgehead atoms. The van der Waals surface area contributed by atoms with Crippen LogP contribution in [0.25, 0.3) is 0 Å². The van der Waals surface area contributed by atoms with Crippen molar-refractivity contribution < 1.29 is 33.8 Å². The van der Waals surface area contributed by atoms with E-state index in [1.54, 1.807) is 24.3 Å². The Balaban J connectivity index is 1.74. The summed E-state index contributed by atoms with van der Waals surface area (Å²) in [6, 6.07) is 4.41. The van der Waals surface area contributed by atoms with Crippen molar-refractivity contribution in [1.29, 1.82) is 0 Å². The first-order valence-corrected chi connectivity index (χ1v) is 10.6. The lowest BCUT2D eigenvalue weighted by Crippen LogP contribution is -2.71. The van der Waals surface area contributed by atoms with Gasteiger partial charge in [0.15, 0.2) is 0 Å². The number of ether oxygens (including phenoxy) is 1. The molecule has 170 valence electrons. The van der Waals surface area contributed by atoms with Gasteiger partial charge >= 0.3 is 11.9 Å². The number of carboxylic acid groups (broad SMARTS) is 1. The van der Waals surface area contributed by atoms with Crippen LogP contribution in [0.15, 0.2) is 35.5 Å². The first kappa shape index (κ1) is 23.3. The van der Waals surface area contributed by atoms with Crippen LogP contribution in [0.2, 0.25) is 0 Å². The van der Waals surface area contributed by atoms with Crippen LogP contribution in [0.4, 0.5) is 5.69 Å². The zero-order valence-corrected chi connectivity index (χ0v) is 18.1. The Bertz CT molecular complexity index is 1020. The summed E-state index contributed by atoms with van der Waals surface area (Å²) in [5.74, 6) is -3.25. The molecule has 5 N–H and O–H groups in total. The molecule has 1 fully saturated rings. The Morgan fingerprint density at radius 2 is 1.97 bits per heavy atom. The molecule has 2 heterocycles. The predicted octanol–water partition coefficient (Wildman–Crippen LogP) is -0.0535. The number of carbonyl (C=O) groups is 5. The quantitative estimate of drug-likeness (QED) is 0.320. The highest BCUT2D eigenvalue weighted by Gasteiger charge is 2.54. The maximum atomic E-state index is 12.7. The Hall–Kier alpha value is -3.38. The van der Waals surface area contributed by atoms with Crippen LogP contribution in [0.5, 0.6) is 0 Å². The summed E-state index contributed by atoms with van der Waals surface area (Å²) in [5.41, 5.74) is 6.88. The highest BCUT2D eigenvalue weighted by Crippen LogP contribution is 2.40. The Morgan fingerprint density at radius 1 is 1.28 bits per heavy atom. The third kappa shape index (κ3) is 4.60. The molecule has 2 aliphatic rings. The number of fused-ring (bicyclic) bond motifs is 1. The number of anilines is 1. The number of nitrogens with two attached hydrogens (primary N) is 1. The largest absolute Gasteiger partial charge is 0.477 e. The van der Waals surface area contributed by atoms with Gasteiger partial charge in [-0.3, -0.25) is 24.1 Å². The van der Waals surface area contributed by atoms with Gasteiger partial charge in [0.2, 0.25) is 11.8 Å². The number of amides is 3. The van der Waals surface area contributed by atoms with Crippen molar-refractivity contribution in [1.82, 2.24) is 10.2 Å². The van der Waals surface area contributed by atoms with E-state index in [2.05, 4.69) is 10.6 Å². The van der Waals surface area contributed by atoms with Gasteiger partial charge in [0.05, 0.1) is 0 Å². The van der Waals surface area contributed by atoms with Crippen LogP contribution < -0.4 is 16.4 Å². The maximum Gasteiger partial charge on any atom is 0.352 e. The number of thioether (sulfide) groups is 1. The van der Waals surface area contributed by atoms with Gasteiger partial charge in [0.25, 0.3) is 5.91 Å². The minimum Gasteiger partial charge on any atom is -0.477 e. The van der Waals surface area contributed by atoms with Crippen molar-refractivity contribution in [2.75, 3.05) is 17.7 Å². The minimum absolute atomic E-state index is 0.215. The summed E-state index contributed by atoms with van der Waals surface area (Å²) >= 11 is 1.25. The number of carboxylic acids is 1. The first-order valence-electron chi connectivity index (χ1n) is 9.57. The van der Waals surface area contributed by atoms with Crippen LogP contribution in [-0.4, -0.2) is 63.4 Å². The van der Waals surface area contributed by atoms with Crippen LogP contribution in [-0.2, 0) is 28.7 Å². The molecule has 0 saturated carbocycles. The summed E-state index contributed by atoms with van der Waals surface area (Å²) in [7, 11) is 0. The van der Waals surface area contributed by atoms with E-state index < -0.39 is 41.2 Å².